The van der Waals surface area contributed by atoms with Crippen molar-refractivity contribution in [2.24, 2.45) is 0 Å². The van der Waals surface area contributed by atoms with Gasteiger partial charge in [0.05, 0.1) is 0 Å². The summed E-state index contributed by atoms with van der Waals surface area (Å²) in [5, 5.41) is 1.45. The minimum absolute atomic E-state index is 0.122. The molecule has 154 valence electrons. The number of hydrogen-bond acceptors (Lipinski definition) is 1. The number of carbonyl (C=O) groups excluding carboxylic acids is 1. The number of likely N-dealkylation sites (tertiary alicyclic amines) is 1. The summed E-state index contributed by atoms with van der Waals surface area (Å²) in [6.07, 6.45) is 4.05. The van der Waals surface area contributed by atoms with Gasteiger partial charge in [0.2, 0.25) is 0 Å². The molecule has 0 radical (unpaired) electrons. The van der Waals surface area contributed by atoms with Crippen LogP contribution < -0.4 is 0 Å². The standard InChI is InChI=1S/C26H25Cl2NO/c27-22-12-6-10-20(16-22)25(21-11-7-13-23(28)17-21)18-24-14-4-5-15-29(24)26(30)19-8-2-1-3-9-19/h1-3,6-13,16-17,24-25H,4-5,14-15,18H2. The molecule has 0 spiro atoms. The van der Waals surface area contributed by atoms with Gasteiger partial charge >= 0.3 is 0 Å². The van der Waals surface area contributed by atoms with Crippen molar-refractivity contribution in [3.8, 4) is 0 Å². The minimum atomic E-state index is 0.122. The van der Waals surface area contributed by atoms with Crippen molar-refractivity contribution in [1.29, 1.82) is 0 Å². The van der Waals surface area contributed by atoms with E-state index in [1.54, 1.807) is 0 Å². The van der Waals surface area contributed by atoms with Crippen molar-refractivity contribution in [2.75, 3.05) is 6.54 Å². The molecule has 0 aliphatic carbocycles. The van der Waals surface area contributed by atoms with Crippen molar-refractivity contribution < 1.29 is 4.79 Å². The smallest absolute Gasteiger partial charge is 0.254 e. The maximum atomic E-state index is 13.3. The number of carbonyl (C=O) groups is 1. The summed E-state index contributed by atoms with van der Waals surface area (Å²) in [4.78, 5) is 15.3. The zero-order valence-electron chi connectivity index (χ0n) is 16.8. The van der Waals surface area contributed by atoms with Gasteiger partial charge in [-0.1, -0.05) is 65.7 Å². The summed E-state index contributed by atoms with van der Waals surface area (Å²) < 4.78 is 0. The Morgan fingerprint density at radius 3 is 2.10 bits per heavy atom. The number of hydrogen-bond donors (Lipinski definition) is 0. The van der Waals surface area contributed by atoms with Crippen LogP contribution in [-0.2, 0) is 0 Å². The Bertz CT molecular complexity index is 959. The molecule has 4 rings (SSSR count). The molecule has 3 aromatic rings. The van der Waals surface area contributed by atoms with E-state index in [-0.39, 0.29) is 17.9 Å². The molecule has 2 nitrogen and oxygen atoms in total. The summed E-state index contributed by atoms with van der Waals surface area (Å²) in [5.74, 6) is 0.243. The van der Waals surface area contributed by atoms with Crippen molar-refractivity contribution in [2.45, 2.75) is 37.6 Å². The maximum absolute atomic E-state index is 13.3. The number of nitrogens with zero attached hydrogens (tertiary/aromatic N) is 1. The number of rotatable bonds is 5. The van der Waals surface area contributed by atoms with E-state index in [0.717, 1.165) is 59.0 Å². The fourth-order valence-electron chi connectivity index (χ4n) is 4.44. The Morgan fingerprint density at radius 1 is 0.867 bits per heavy atom. The van der Waals surface area contributed by atoms with E-state index < -0.39 is 0 Å². The Hall–Kier alpha value is -2.29. The van der Waals surface area contributed by atoms with Crippen LogP contribution in [-0.4, -0.2) is 23.4 Å². The molecule has 1 heterocycles. The van der Waals surface area contributed by atoms with Crippen LogP contribution in [0.2, 0.25) is 10.0 Å². The Balaban J connectivity index is 1.66. The third-order valence-electron chi connectivity index (χ3n) is 5.92. The van der Waals surface area contributed by atoms with Gasteiger partial charge in [-0.05, 0) is 73.2 Å². The van der Waals surface area contributed by atoms with E-state index in [9.17, 15) is 4.79 Å². The first-order chi connectivity index (χ1) is 14.6. The second-order valence-corrected chi connectivity index (χ2v) is 8.79. The third-order valence-corrected chi connectivity index (χ3v) is 6.39. The Morgan fingerprint density at radius 2 is 1.50 bits per heavy atom. The number of halogens is 2. The van der Waals surface area contributed by atoms with Gasteiger partial charge in [0.25, 0.3) is 5.91 Å². The lowest BCUT2D eigenvalue weighted by molar-refractivity contribution is 0.0596. The topological polar surface area (TPSA) is 20.3 Å². The van der Waals surface area contributed by atoms with E-state index in [1.807, 2.05) is 66.7 Å². The molecule has 1 saturated heterocycles. The van der Waals surface area contributed by atoms with Gasteiger partial charge in [-0.2, -0.15) is 0 Å². The second kappa shape index (κ2) is 9.68. The lowest BCUT2D eigenvalue weighted by atomic mass is 9.83. The van der Waals surface area contributed by atoms with Crippen LogP contribution >= 0.6 is 23.2 Å². The fourth-order valence-corrected chi connectivity index (χ4v) is 4.84. The molecule has 4 heteroatoms. The first-order valence-electron chi connectivity index (χ1n) is 10.5. The summed E-state index contributed by atoms with van der Waals surface area (Å²) in [5.41, 5.74) is 3.07. The highest BCUT2D eigenvalue weighted by molar-refractivity contribution is 6.31. The van der Waals surface area contributed by atoms with Gasteiger partial charge in [0.1, 0.15) is 0 Å². The minimum Gasteiger partial charge on any atom is -0.336 e. The van der Waals surface area contributed by atoms with E-state index >= 15 is 0 Å². The van der Waals surface area contributed by atoms with Crippen LogP contribution in [0.1, 0.15) is 53.1 Å². The Kier molecular flexibility index (Phi) is 6.76. The number of piperidine rings is 1. The molecule has 0 saturated carbocycles. The van der Waals surface area contributed by atoms with Gasteiger partial charge in [-0.3, -0.25) is 4.79 Å². The molecular formula is C26H25Cl2NO. The summed E-state index contributed by atoms with van der Waals surface area (Å²) in [7, 11) is 0. The largest absolute Gasteiger partial charge is 0.336 e. The van der Waals surface area contributed by atoms with E-state index in [2.05, 4.69) is 17.0 Å². The molecule has 0 aromatic heterocycles. The van der Waals surface area contributed by atoms with Gasteiger partial charge in [-0.15, -0.1) is 0 Å². The highest BCUT2D eigenvalue weighted by Crippen LogP contribution is 2.35. The van der Waals surface area contributed by atoms with Crippen molar-refractivity contribution in [1.82, 2.24) is 4.90 Å². The predicted octanol–water partition coefficient (Wildman–Crippen LogP) is 7.21. The van der Waals surface area contributed by atoms with E-state index in [1.165, 1.54) is 0 Å². The van der Waals surface area contributed by atoms with E-state index in [0.29, 0.717) is 0 Å². The average molecular weight is 438 g/mol. The maximum Gasteiger partial charge on any atom is 0.254 e. The molecule has 3 aromatic carbocycles. The normalized spacial score (nSPS) is 16.6. The quantitative estimate of drug-likeness (QED) is 0.412. The molecular weight excluding hydrogens is 413 g/mol. The zero-order valence-corrected chi connectivity index (χ0v) is 18.3. The third kappa shape index (κ3) is 4.88. The molecule has 0 bridgehead atoms. The first kappa shape index (κ1) is 21.0. The van der Waals surface area contributed by atoms with Gasteiger partial charge < -0.3 is 4.90 Å². The molecule has 1 aliphatic rings. The van der Waals surface area contributed by atoms with Crippen molar-refractivity contribution >= 4 is 29.1 Å². The predicted molar refractivity (Wildman–Crippen MR) is 124 cm³/mol. The highest BCUT2D eigenvalue weighted by Gasteiger charge is 2.30. The number of amides is 1. The summed E-state index contributed by atoms with van der Waals surface area (Å²) in [6, 6.07) is 25.8. The van der Waals surface area contributed by atoms with Crippen molar-refractivity contribution in [3.05, 3.63) is 106 Å². The monoisotopic (exact) mass is 437 g/mol. The Labute approximate surface area is 188 Å². The van der Waals surface area contributed by atoms with Crippen LogP contribution in [0.4, 0.5) is 0 Å². The van der Waals surface area contributed by atoms with Gasteiger partial charge in [-0.25, -0.2) is 0 Å². The lowest BCUT2D eigenvalue weighted by Gasteiger charge is -2.38. The second-order valence-electron chi connectivity index (χ2n) is 7.91. The van der Waals surface area contributed by atoms with Gasteiger partial charge in [0, 0.05) is 34.1 Å². The molecule has 0 N–H and O–H groups in total. The molecule has 30 heavy (non-hydrogen) atoms. The average Bonchev–Trinajstić information content (AvgIpc) is 2.78. The zero-order chi connectivity index (χ0) is 20.9. The molecule has 1 fully saturated rings. The lowest BCUT2D eigenvalue weighted by Crippen LogP contribution is -2.44. The van der Waals surface area contributed by atoms with E-state index in [4.69, 9.17) is 23.2 Å². The highest BCUT2D eigenvalue weighted by atomic mass is 35.5. The van der Waals surface area contributed by atoms with Gasteiger partial charge in [0.15, 0.2) is 0 Å². The SMILES string of the molecule is O=C(c1ccccc1)N1CCCCC1CC(c1cccc(Cl)c1)c1cccc(Cl)c1. The van der Waals surface area contributed by atoms with Crippen LogP contribution in [0, 0.1) is 0 Å². The molecule has 1 amide bonds. The molecule has 1 unspecified atom stereocenters. The molecule has 1 atom stereocenters. The molecule has 1 aliphatic heterocycles. The van der Waals surface area contributed by atoms with Crippen LogP contribution in [0.15, 0.2) is 78.9 Å². The van der Waals surface area contributed by atoms with Crippen LogP contribution in [0.25, 0.3) is 0 Å². The fraction of sp³-hybridized carbons (Fsp3) is 0.269. The first-order valence-corrected chi connectivity index (χ1v) is 11.2. The summed E-state index contributed by atoms with van der Waals surface area (Å²) in [6.45, 7) is 0.802. The van der Waals surface area contributed by atoms with Crippen molar-refractivity contribution in [3.63, 3.8) is 0 Å². The number of benzene rings is 3. The van der Waals surface area contributed by atoms with Crippen LogP contribution in [0.5, 0.6) is 0 Å². The summed E-state index contributed by atoms with van der Waals surface area (Å²) >= 11 is 12.6. The van der Waals surface area contributed by atoms with Crippen LogP contribution in [0.3, 0.4) is 0 Å².